The van der Waals surface area contributed by atoms with Gasteiger partial charge in [0.15, 0.2) is 0 Å². The first kappa shape index (κ1) is 83.1. The summed E-state index contributed by atoms with van der Waals surface area (Å²) >= 11 is 3.95. The van der Waals surface area contributed by atoms with E-state index in [-0.39, 0.29) is 111 Å². The molecule has 0 aliphatic carbocycles. The lowest BCUT2D eigenvalue weighted by atomic mass is 10.0. The molecule has 1 saturated heterocycles. The molecular weight excluding hydrogens is 1240 g/mol. The Bertz CT molecular complexity index is 2150. The zero-order valence-electron chi connectivity index (χ0n) is 50.9. The zero-order valence-corrected chi connectivity index (χ0v) is 51.8. The summed E-state index contributed by atoms with van der Waals surface area (Å²) in [6.07, 6.45) is -10.2. The van der Waals surface area contributed by atoms with E-state index in [4.69, 9.17) is 48.1 Å². The quantitative estimate of drug-likeness (QED) is 0.0153. The van der Waals surface area contributed by atoms with Crippen molar-refractivity contribution < 1.29 is 131 Å². The minimum atomic E-state index is -1.69. The molecule has 0 bridgehead atoms. The molecule has 1 aliphatic rings. The van der Waals surface area contributed by atoms with Crippen molar-refractivity contribution in [3.8, 4) is 0 Å². The molecule has 17 N–H and O–H groups in total. The monoisotopic (exact) mass is 1330 g/mol. The first-order chi connectivity index (χ1) is 43.6. The van der Waals surface area contributed by atoms with Crippen molar-refractivity contribution in [2.24, 2.45) is 0 Å². The molecule has 1 fully saturated rings. The van der Waals surface area contributed by atoms with Gasteiger partial charge in [-0.2, -0.15) is 12.6 Å². The third-order valence-electron chi connectivity index (χ3n) is 12.4. The summed E-state index contributed by atoms with van der Waals surface area (Å²) < 4.78 is 43.6. The number of likely N-dealkylation sites (tertiary alicyclic amines) is 1. The number of hydrogen-bond acceptors (Lipinski definition) is 28. The Kier molecular flexibility index (Phi) is 48.0. The first-order valence-corrected chi connectivity index (χ1v) is 30.0. The van der Waals surface area contributed by atoms with Crippen molar-refractivity contribution >= 4 is 77.6 Å². The summed E-state index contributed by atoms with van der Waals surface area (Å²) in [5.41, 5.74) is 0. The van der Waals surface area contributed by atoms with Crippen LogP contribution in [0.1, 0.15) is 44.9 Å². The lowest BCUT2D eigenvalue weighted by Gasteiger charge is -2.24. The Morgan fingerprint density at radius 2 is 0.791 bits per heavy atom. The van der Waals surface area contributed by atoms with Crippen molar-refractivity contribution in [1.82, 2.24) is 52.8 Å². The smallest absolute Gasteiger partial charge is 0.243 e. The van der Waals surface area contributed by atoms with Crippen molar-refractivity contribution in [2.45, 2.75) is 92.9 Å². The van der Waals surface area contributed by atoms with Crippen LogP contribution in [0.15, 0.2) is 0 Å². The lowest BCUT2D eigenvalue weighted by molar-refractivity contribution is -0.142. The molecule has 8 atom stereocenters. The third kappa shape index (κ3) is 42.8. The Hall–Kier alpha value is -5.92. The molecule has 0 aromatic heterocycles. The molecule has 524 valence electrons. The highest BCUT2D eigenvalue weighted by atomic mass is 32.1. The van der Waals surface area contributed by atoms with Crippen LogP contribution in [-0.2, 0) is 90.6 Å². The SMILES string of the molecule is O=C(CCC[C@H](NC(=O)CCOCCOCCOCCOCCOCCOCCOCCOCCNC(=O)CNC(=O)CNC(=O)CNC(=O)CNC(=O)CNC(=O)CN1C(=O)CC(S)C1=O)C(=O)NC[C@H](O)[C@@H](O)[C@H](O)CCO)NC[C@H](O)[C@@H](O)[C@H](O)CCO. The molecule has 0 radical (unpaired) electrons. The van der Waals surface area contributed by atoms with Crippen LogP contribution in [0.3, 0.4) is 0 Å². The molecule has 0 spiro atoms. The highest BCUT2D eigenvalue weighted by Gasteiger charge is 2.37. The number of rotatable bonds is 57. The number of imide groups is 1. The fourth-order valence-corrected chi connectivity index (χ4v) is 7.60. The largest absolute Gasteiger partial charge is 0.396 e. The van der Waals surface area contributed by atoms with E-state index in [1.807, 2.05) is 0 Å². The van der Waals surface area contributed by atoms with Crippen LogP contribution in [0.5, 0.6) is 0 Å². The molecule has 0 aromatic carbocycles. The minimum absolute atomic E-state index is 0.0305. The van der Waals surface area contributed by atoms with Crippen LogP contribution in [0, 0.1) is 0 Å². The van der Waals surface area contributed by atoms with Gasteiger partial charge in [-0.25, -0.2) is 0 Å². The van der Waals surface area contributed by atoms with Gasteiger partial charge < -0.3 is 127 Å². The average molecular weight is 1340 g/mol. The predicted octanol–water partition coefficient (Wildman–Crippen LogP) is -10.9. The van der Waals surface area contributed by atoms with Crippen LogP contribution in [0.2, 0.25) is 0 Å². The van der Waals surface area contributed by atoms with E-state index in [1.165, 1.54) is 0 Å². The van der Waals surface area contributed by atoms with Crippen molar-refractivity contribution in [3.63, 3.8) is 0 Å². The Morgan fingerprint density at radius 1 is 0.429 bits per heavy atom. The van der Waals surface area contributed by atoms with E-state index in [0.29, 0.717) is 52.9 Å². The second-order valence-corrected chi connectivity index (χ2v) is 20.4. The second kappa shape index (κ2) is 52.6. The summed E-state index contributed by atoms with van der Waals surface area (Å²) in [6, 6.07) is -1.20. The van der Waals surface area contributed by atoms with Gasteiger partial charge in [-0.05, 0) is 25.7 Å². The van der Waals surface area contributed by atoms with Crippen LogP contribution in [0.4, 0.5) is 0 Å². The van der Waals surface area contributed by atoms with Gasteiger partial charge in [0.1, 0.15) is 24.8 Å². The Labute approximate surface area is 531 Å². The van der Waals surface area contributed by atoms with Gasteiger partial charge in [0.25, 0.3) is 0 Å². The fourth-order valence-electron chi connectivity index (χ4n) is 7.30. The number of nitrogens with one attached hydrogen (secondary N) is 9. The average Bonchev–Trinajstić information content (AvgIpc) is 3.87. The van der Waals surface area contributed by atoms with Crippen molar-refractivity contribution in [3.05, 3.63) is 0 Å². The van der Waals surface area contributed by atoms with Crippen LogP contribution in [0.25, 0.3) is 0 Å². The number of aliphatic hydroxyl groups excluding tert-OH is 8. The Morgan fingerprint density at radius 3 is 1.18 bits per heavy atom. The number of nitrogens with zero attached hydrogens (tertiary/aromatic N) is 1. The molecule has 0 aromatic rings. The first-order valence-electron chi connectivity index (χ1n) is 29.5. The number of hydrogen-bond donors (Lipinski definition) is 18. The van der Waals surface area contributed by atoms with Crippen LogP contribution in [-0.4, -0.2) is 336 Å². The third-order valence-corrected chi connectivity index (χ3v) is 12.8. The molecule has 1 heterocycles. The van der Waals surface area contributed by atoms with E-state index >= 15 is 0 Å². The summed E-state index contributed by atoms with van der Waals surface area (Å²) in [7, 11) is 0. The lowest BCUT2D eigenvalue weighted by Crippen LogP contribution is -2.51. The van der Waals surface area contributed by atoms with Gasteiger partial charge in [0.05, 0.1) is 168 Å². The molecule has 37 nitrogen and oxygen atoms in total. The van der Waals surface area contributed by atoms with E-state index in [1.54, 1.807) is 0 Å². The van der Waals surface area contributed by atoms with Crippen molar-refractivity contribution in [1.29, 1.82) is 0 Å². The zero-order chi connectivity index (χ0) is 67.6. The molecule has 91 heavy (non-hydrogen) atoms. The van der Waals surface area contributed by atoms with E-state index in [0.717, 1.165) is 4.90 Å². The van der Waals surface area contributed by atoms with E-state index in [2.05, 4.69) is 60.5 Å². The molecule has 1 rings (SSSR count). The molecule has 11 amide bonds. The number of ether oxygens (including phenoxy) is 8. The number of aliphatic hydroxyl groups is 8. The maximum atomic E-state index is 13.0. The summed E-state index contributed by atoms with van der Waals surface area (Å²) in [5.74, 6) is -7.30. The second-order valence-electron chi connectivity index (χ2n) is 19.8. The highest BCUT2D eigenvalue weighted by Crippen LogP contribution is 2.17. The van der Waals surface area contributed by atoms with Gasteiger partial charge in [0, 0.05) is 52.1 Å². The maximum absolute atomic E-state index is 13.0. The fraction of sp³-hybridized carbons (Fsp3) is 0.792. The number of carbonyl (C=O) groups is 11. The molecule has 1 aliphatic heterocycles. The number of amides is 11. The highest BCUT2D eigenvalue weighted by molar-refractivity contribution is 7.81. The van der Waals surface area contributed by atoms with Crippen LogP contribution < -0.4 is 47.9 Å². The summed E-state index contributed by atoms with van der Waals surface area (Å²) in [6.45, 7) is -0.465. The molecule has 38 heteroatoms. The molecular formula is C53H94N10O27S. The van der Waals surface area contributed by atoms with E-state index < -0.39 is 172 Å². The Balaban J connectivity index is 2.01. The topological polar surface area (TPSA) is 535 Å². The normalized spacial score (nSPS) is 15.3. The minimum Gasteiger partial charge on any atom is -0.396 e. The standard InChI is InChI=1S/C53H94N10O27S/c64-8-4-36(66)50(79)38(68)27-55-41(70)3-1-2-35(52(81)61-28-39(69)51(80)37(67)5-9-65)62-42(71)6-10-83-12-14-85-16-18-87-20-22-89-24-25-90-23-21-88-19-17-86-15-13-84-11-7-54-43(72)29-56-44(73)30-57-45(74)31-58-46(75)32-59-47(76)33-60-48(77)34-63-49(78)26-40(91)53(63)82/h35-40,50-51,64-69,79-80,91H,1-34H2,(H,54,72)(H,55,70)(H,56,73)(H,57,74)(H,58,75)(H,59,76)(H,60,77)(H,61,81)(H,62,71)/t35-,36+,37+,38-,39-,40?,50-,51-/m0/s1. The number of thiol groups is 1. The van der Waals surface area contributed by atoms with Crippen LogP contribution >= 0.6 is 12.6 Å². The van der Waals surface area contributed by atoms with Gasteiger partial charge in [0.2, 0.25) is 65.0 Å². The maximum Gasteiger partial charge on any atom is 0.243 e. The summed E-state index contributed by atoms with van der Waals surface area (Å²) in [4.78, 5) is 134. The van der Waals surface area contributed by atoms with Gasteiger partial charge in [-0.1, -0.05) is 0 Å². The molecule has 0 saturated carbocycles. The summed E-state index contributed by atoms with van der Waals surface area (Å²) in [5, 5.41) is 98.0. The van der Waals surface area contributed by atoms with Crippen molar-refractivity contribution in [2.75, 3.05) is 178 Å². The predicted molar refractivity (Wildman–Crippen MR) is 315 cm³/mol. The van der Waals surface area contributed by atoms with Gasteiger partial charge in [-0.3, -0.25) is 57.6 Å². The van der Waals surface area contributed by atoms with E-state index in [9.17, 15) is 83.4 Å². The molecule has 1 unspecified atom stereocenters. The van der Waals surface area contributed by atoms with Gasteiger partial charge in [-0.15, -0.1) is 0 Å². The van der Waals surface area contributed by atoms with Gasteiger partial charge >= 0.3 is 0 Å². The number of carbonyl (C=O) groups excluding carboxylic acids is 11.